The van der Waals surface area contributed by atoms with E-state index in [9.17, 15) is 14.7 Å². The number of nitrogens with zero attached hydrogens (tertiary/aromatic N) is 2. The van der Waals surface area contributed by atoms with Gasteiger partial charge >= 0.3 is 0 Å². The van der Waals surface area contributed by atoms with Crippen molar-refractivity contribution in [3.63, 3.8) is 0 Å². The number of fused-ring (bicyclic) bond motifs is 1. The maximum absolute atomic E-state index is 12.4. The van der Waals surface area contributed by atoms with E-state index in [0.29, 0.717) is 13.1 Å². The Morgan fingerprint density at radius 3 is 2.65 bits per heavy atom. The molecule has 2 unspecified atom stereocenters. The highest BCUT2D eigenvalue weighted by Gasteiger charge is 2.30. The standard InChI is InChI=1S/C22H27N5O3S/c23-20(10-21(24)29)22(30)26-8-7-17(13-26)25-16-2-1-14-11-27(12-15(14)9-16)31-19-5-3-18(28)4-6-19/h1-6,9,17,20,25,28H,7-8,10-13,23H2,(H2,24,29). The van der Waals surface area contributed by atoms with Crippen LogP contribution >= 0.6 is 11.9 Å². The maximum atomic E-state index is 12.4. The highest BCUT2D eigenvalue weighted by Crippen LogP contribution is 2.34. The summed E-state index contributed by atoms with van der Waals surface area (Å²) >= 11 is 1.68. The van der Waals surface area contributed by atoms with E-state index in [-0.39, 0.29) is 24.1 Å². The lowest BCUT2D eigenvalue weighted by Gasteiger charge is -2.21. The smallest absolute Gasteiger partial charge is 0.240 e. The lowest BCUT2D eigenvalue weighted by molar-refractivity contribution is -0.133. The molecule has 31 heavy (non-hydrogen) atoms. The molecule has 0 radical (unpaired) electrons. The van der Waals surface area contributed by atoms with Gasteiger partial charge in [-0.2, -0.15) is 0 Å². The SMILES string of the molecule is NC(=O)CC(N)C(=O)N1CCC(Nc2ccc3c(c2)CN(Sc2ccc(O)cc2)C3)C1. The van der Waals surface area contributed by atoms with Crippen molar-refractivity contribution < 1.29 is 14.7 Å². The van der Waals surface area contributed by atoms with Crippen molar-refractivity contribution >= 4 is 29.4 Å². The molecule has 0 saturated carbocycles. The number of carbonyl (C=O) groups is 2. The fraction of sp³-hybridized carbons (Fsp3) is 0.364. The van der Waals surface area contributed by atoms with E-state index in [1.165, 1.54) is 11.1 Å². The highest BCUT2D eigenvalue weighted by molar-refractivity contribution is 7.97. The number of rotatable bonds is 7. The third-order valence-corrected chi connectivity index (χ3v) is 6.58. The molecule has 2 amide bonds. The second-order valence-corrected chi connectivity index (χ2v) is 9.23. The average Bonchev–Trinajstić information content (AvgIpc) is 3.35. The minimum Gasteiger partial charge on any atom is -0.508 e. The van der Waals surface area contributed by atoms with Crippen molar-refractivity contribution in [2.24, 2.45) is 11.5 Å². The van der Waals surface area contributed by atoms with Crippen molar-refractivity contribution in [3.8, 4) is 5.75 Å². The third kappa shape index (κ3) is 5.30. The van der Waals surface area contributed by atoms with Gasteiger partial charge in [0.25, 0.3) is 0 Å². The molecule has 1 saturated heterocycles. The Labute approximate surface area is 185 Å². The minimum absolute atomic E-state index is 0.128. The second kappa shape index (κ2) is 9.17. The number of benzene rings is 2. The molecule has 0 spiro atoms. The Morgan fingerprint density at radius 2 is 1.90 bits per heavy atom. The predicted octanol–water partition coefficient (Wildman–Crippen LogP) is 1.63. The van der Waals surface area contributed by atoms with Crippen molar-refractivity contribution in [2.45, 2.75) is 42.9 Å². The maximum Gasteiger partial charge on any atom is 0.240 e. The van der Waals surface area contributed by atoms with Gasteiger partial charge in [-0.15, -0.1) is 0 Å². The first-order valence-electron chi connectivity index (χ1n) is 10.3. The molecular formula is C22H27N5O3S. The van der Waals surface area contributed by atoms with Crippen LogP contribution in [0, 0.1) is 0 Å². The Balaban J connectivity index is 1.31. The summed E-state index contributed by atoms with van der Waals surface area (Å²) in [5.41, 5.74) is 14.6. The number of anilines is 1. The molecule has 0 aliphatic carbocycles. The molecule has 9 heteroatoms. The summed E-state index contributed by atoms with van der Waals surface area (Å²) in [7, 11) is 0. The van der Waals surface area contributed by atoms with E-state index in [0.717, 1.165) is 30.1 Å². The largest absolute Gasteiger partial charge is 0.508 e. The normalized spacial score (nSPS) is 19.3. The number of amides is 2. The van der Waals surface area contributed by atoms with Gasteiger partial charge in [0, 0.05) is 42.8 Å². The van der Waals surface area contributed by atoms with Crippen LogP contribution in [-0.4, -0.2) is 51.3 Å². The molecule has 4 rings (SSSR count). The lowest BCUT2D eigenvalue weighted by Crippen LogP contribution is -2.45. The number of hydrogen-bond donors (Lipinski definition) is 4. The van der Waals surface area contributed by atoms with Crippen molar-refractivity contribution in [1.82, 2.24) is 9.21 Å². The first kappa shape index (κ1) is 21.5. The third-order valence-electron chi connectivity index (χ3n) is 5.58. The van der Waals surface area contributed by atoms with Gasteiger partial charge in [0.2, 0.25) is 11.8 Å². The molecule has 8 nitrogen and oxygen atoms in total. The molecule has 0 bridgehead atoms. The number of phenols is 1. The van der Waals surface area contributed by atoms with Crippen molar-refractivity contribution in [1.29, 1.82) is 0 Å². The Hall–Kier alpha value is -2.75. The molecule has 2 aliphatic rings. The van der Waals surface area contributed by atoms with Gasteiger partial charge in [0.15, 0.2) is 0 Å². The summed E-state index contributed by atoms with van der Waals surface area (Å²) in [5.74, 6) is -0.517. The van der Waals surface area contributed by atoms with Crippen LogP contribution in [0.15, 0.2) is 47.4 Å². The van der Waals surface area contributed by atoms with Crippen molar-refractivity contribution in [2.75, 3.05) is 18.4 Å². The van der Waals surface area contributed by atoms with Crippen LogP contribution < -0.4 is 16.8 Å². The highest BCUT2D eigenvalue weighted by atomic mass is 32.2. The van der Waals surface area contributed by atoms with E-state index < -0.39 is 11.9 Å². The molecule has 1 fully saturated rings. The Bertz CT molecular complexity index is 968. The monoisotopic (exact) mass is 441 g/mol. The fourth-order valence-electron chi connectivity index (χ4n) is 4.03. The van der Waals surface area contributed by atoms with E-state index in [4.69, 9.17) is 11.5 Å². The number of aromatic hydroxyl groups is 1. The summed E-state index contributed by atoms with van der Waals surface area (Å²) in [6, 6.07) is 12.9. The van der Waals surface area contributed by atoms with Gasteiger partial charge < -0.3 is 26.8 Å². The molecule has 2 aliphatic heterocycles. The molecule has 2 heterocycles. The van der Waals surface area contributed by atoms with Crippen LogP contribution in [0.5, 0.6) is 5.75 Å². The van der Waals surface area contributed by atoms with E-state index >= 15 is 0 Å². The lowest BCUT2D eigenvalue weighted by atomic mass is 10.1. The van der Waals surface area contributed by atoms with Crippen LogP contribution in [-0.2, 0) is 22.7 Å². The van der Waals surface area contributed by atoms with Crippen LogP contribution in [0.1, 0.15) is 24.0 Å². The topological polar surface area (TPSA) is 125 Å². The van der Waals surface area contributed by atoms with E-state index in [1.807, 2.05) is 12.1 Å². The number of nitrogens with one attached hydrogen (secondary N) is 1. The van der Waals surface area contributed by atoms with Gasteiger partial charge in [-0.1, -0.05) is 6.07 Å². The van der Waals surface area contributed by atoms with Gasteiger partial charge in [0.05, 0.1) is 12.5 Å². The number of phenolic OH excluding ortho intramolecular Hbond substituents is 1. The fourth-order valence-corrected chi connectivity index (χ4v) is 4.99. The van der Waals surface area contributed by atoms with Gasteiger partial charge in [0.1, 0.15) is 5.75 Å². The van der Waals surface area contributed by atoms with Crippen molar-refractivity contribution in [3.05, 3.63) is 53.6 Å². The first-order chi connectivity index (χ1) is 14.9. The molecule has 2 aromatic rings. The molecule has 2 atom stereocenters. The molecular weight excluding hydrogens is 414 g/mol. The average molecular weight is 442 g/mol. The second-order valence-electron chi connectivity index (χ2n) is 8.06. The van der Waals surface area contributed by atoms with Crippen LogP contribution in [0.25, 0.3) is 0 Å². The van der Waals surface area contributed by atoms with Gasteiger partial charge in [-0.05, 0) is 65.9 Å². The van der Waals surface area contributed by atoms with Crippen LogP contribution in [0.4, 0.5) is 5.69 Å². The summed E-state index contributed by atoms with van der Waals surface area (Å²) in [6.45, 7) is 2.88. The zero-order chi connectivity index (χ0) is 22.0. The summed E-state index contributed by atoms with van der Waals surface area (Å²) < 4.78 is 2.29. The number of hydrogen-bond acceptors (Lipinski definition) is 7. The Morgan fingerprint density at radius 1 is 1.16 bits per heavy atom. The Kier molecular flexibility index (Phi) is 6.35. The predicted molar refractivity (Wildman–Crippen MR) is 120 cm³/mol. The molecule has 2 aromatic carbocycles. The summed E-state index contributed by atoms with van der Waals surface area (Å²) in [5, 5.41) is 13.0. The van der Waals surface area contributed by atoms with Gasteiger partial charge in [-0.3, -0.25) is 9.59 Å². The number of primary amides is 1. The zero-order valence-corrected chi connectivity index (χ0v) is 18.0. The number of likely N-dealkylation sites (tertiary alicyclic amines) is 1. The van der Waals surface area contributed by atoms with Crippen LogP contribution in [0.2, 0.25) is 0 Å². The van der Waals surface area contributed by atoms with Crippen LogP contribution in [0.3, 0.4) is 0 Å². The molecule has 164 valence electrons. The van der Waals surface area contributed by atoms with Gasteiger partial charge in [-0.25, -0.2) is 4.31 Å². The zero-order valence-electron chi connectivity index (χ0n) is 17.2. The quantitative estimate of drug-likeness (QED) is 0.481. The summed E-state index contributed by atoms with van der Waals surface area (Å²) in [6.07, 6.45) is 0.700. The number of carbonyl (C=O) groups excluding carboxylic acids is 2. The minimum atomic E-state index is -0.867. The summed E-state index contributed by atoms with van der Waals surface area (Å²) in [4.78, 5) is 26.2. The molecule has 6 N–H and O–H groups in total. The first-order valence-corrected chi connectivity index (χ1v) is 11.1. The van der Waals surface area contributed by atoms with E-state index in [1.54, 1.807) is 29.0 Å². The van der Waals surface area contributed by atoms with E-state index in [2.05, 4.69) is 27.8 Å². The molecule has 0 aromatic heterocycles. The number of nitrogens with two attached hydrogens (primary N) is 2.